The first-order valence-electron chi connectivity index (χ1n) is 7.28. The van der Waals surface area contributed by atoms with E-state index in [4.69, 9.17) is 9.15 Å². The van der Waals surface area contributed by atoms with Gasteiger partial charge >= 0.3 is 0 Å². The Morgan fingerprint density at radius 1 is 1.38 bits per heavy atom. The van der Waals surface area contributed by atoms with Gasteiger partial charge in [-0.05, 0) is 31.4 Å². The number of methoxy groups -OCH3 is 1. The lowest BCUT2D eigenvalue weighted by Gasteiger charge is -2.12. The fraction of sp³-hybridized carbons (Fsp3) is 0.714. The topological polar surface area (TPSA) is 80.6 Å². The van der Waals surface area contributed by atoms with Crippen LogP contribution in [0.1, 0.15) is 38.9 Å². The molecule has 2 N–H and O–H groups in total. The third-order valence-corrected chi connectivity index (χ3v) is 5.02. The van der Waals surface area contributed by atoms with Gasteiger partial charge in [-0.25, -0.2) is 13.1 Å². The fourth-order valence-electron chi connectivity index (χ4n) is 2.44. The first-order valence-corrected chi connectivity index (χ1v) is 8.76. The van der Waals surface area contributed by atoms with Crippen LogP contribution >= 0.6 is 0 Å². The van der Waals surface area contributed by atoms with Gasteiger partial charge in [-0.2, -0.15) is 0 Å². The van der Waals surface area contributed by atoms with Crippen molar-refractivity contribution in [2.24, 2.45) is 0 Å². The Balaban J connectivity index is 1.96. The SMILES string of the molecule is COC1CCC(NS(=O)(=O)c2ccc(CNC(C)C)o2)C1. The van der Waals surface area contributed by atoms with Crippen LogP contribution in [-0.4, -0.2) is 33.7 Å². The average Bonchev–Trinajstić information content (AvgIpc) is 3.04. The summed E-state index contributed by atoms with van der Waals surface area (Å²) in [5.74, 6) is 0.616. The van der Waals surface area contributed by atoms with Gasteiger partial charge in [-0.15, -0.1) is 0 Å². The van der Waals surface area contributed by atoms with Gasteiger partial charge in [0, 0.05) is 19.2 Å². The minimum atomic E-state index is -3.59. The highest BCUT2D eigenvalue weighted by atomic mass is 32.2. The van der Waals surface area contributed by atoms with Crippen LogP contribution in [0.3, 0.4) is 0 Å². The highest BCUT2D eigenvalue weighted by Gasteiger charge is 2.30. The molecule has 2 unspecified atom stereocenters. The van der Waals surface area contributed by atoms with Crippen LogP contribution in [0.4, 0.5) is 0 Å². The first-order chi connectivity index (χ1) is 9.90. The Hall–Kier alpha value is -0.890. The minimum Gasteiger partial charge on any atom is -0.447 e. The highest BCUT2D eigenvalue weighted by Crippen LogP contribution is 2.23. The molecule has 120 valence electrons. The van der Waals surface area contributed by atoms with Gasteiger partial charge in [0.15, 0.2) is 0 Å². The van der Waals surface area contributed by atoms with E-state index in [1.54, 1.807) is 13.2 Å². The molecular weight excluding hydrogens is 292 g/mol. The first kappa shape index (κ1) is 16.5. The van der Waals surface area contributed by atoms with E-state index < -0.39 is 10.0 Å². The molecule has 1 aromatic heterocycles. The number of ether oxygens (including phenoxy) is 1. The summed E-state index contributed by atoms with van der Waals surface area (Å²) in [6.45, 7) is 4.56. The van der Waals surface area contributed by atoms with E-state index in [0.29, 0.717) is 24.8 Å². The van der Waals surface area contributed by atoms with Crippen LogP contribution in [0, 0.1) is 0 Å². The Morgan fingerprint density at radius 2 is 2.14 bits per heavy atom. The molecule has 1 aliphatic rings. The third kappa shape index (κ3) is 4.54. The zero-order valence-corrected chi connectivity index (χ0v) is 13.6. The van der Waals surface area contributed by atoms with Gasteiger partial charge in [0.25, 0.3) is 10.0 Å². The van der Waals surface area contributed by atoms with Crippen molar-refractivity contribution in [3.8, 4) is 0 Å². The molecule has 0 aliphatic heterocycles. The summed E-state index contributed by atoms with van der Waals surface area (Å²) < 4.78 is 37.9. The van der Waals surface area contributed by atoms with Crippen LogP contribution in [0.15, 0.2) is 21.6 Å². The molecule has 1 aliphatic carbocycles. The molecule has 0 spiro atoms. The summed E-state index contributed by atoms with van der Waals surface area (Å²) >= 11 is 0. The van der Waals surface area contributed by atoms with Crippen molar-refractivity contribution >= 4 is 10.0 Å². The molecule has 2 atom stereocenters. The van der Waals surface area contributed by atoms with Crippen molar-refractivity contribution in [2.45, 2.75) is 62.9 Å². The van der Waals surface area contributed by atoms with Crippen LogP contribution in [-0.2, 0) is 21.3 Å². The van der Waals surface area contributed by atoms with E-state index in [0.717, 1.165) is 12.8 Å². The standard InChI is InChI=1S/C14H24N2O4S/c1-10(2)15-9-13-6-7-14(20-13)21(17,18)16-11-4-5-12(8-11)19-3/h6-7,10-12,15-16H,4-5,8-9H2,1-3H3. The maximum atomic E-state index is 12.3. The highest BCUT2D eigenvalue weighted by molar-refractivity contribution is 7.89. The smallest absolute Gasteiger partial charge is 0.274 e. The van der Waals surface area contributed by atoms with E-state index in [1.807, 2.05) is 13.8 Å². The van der Waals surface area contributed by atoms with Crippen molar-refractivity contribution in [3.63, 3.8) is 0 Å². The molecule has 0 amide bonds. The normalized spacial score (nSPS) is 23.0. The van der Waals surface area contributed by atoms with Crippen molar-refractivity contribution in [2.75, 3.05) is 7.11 Å². The molecule has 1 fully saturated rings. The number of hydrogen-bond acceptors (Lipinski definition) is 5. The maximum Gasteiger partial charge on any atom is 0.274 e. The lowest BCUT2D eigenvalue weighted by molar-refractivity contribution is 0.107. The molecule has 0 saturated heterocycles. The fourth-order valence-corrected chi connectivity index (χ4v) is 3.67. The predicted molar refractivity (Wildman–Crippen MR) is 79.4 cm³/mol. The molecule has 21 heavy (non-hydrogen) atoms. The zero-order chi connectivity index (χ0) is 15.5. The van der Waals surface area contributed by atoms with E-state index in [1.165, 1.54) is 6.07 Å². The quantitative estimate of drug-likeness (QED) is 0.799. The Morgan fingerprint density at radius 3 is 2.76 bits per heavy atom. The minimum absolute atomic E-state index is 0.0241. The summed E-state index contributed by atoms with van der Waals surface area (Å²) in [7, 11) is -1.94. The van der Waals surface area contributed by atoms with E-state index in [-0.39, 0.29) is 17.2 Å². The van der Waals surface area contributed by atoms with Gasteiger partial charge in [0.1, 0.15) is 5.76 Å². The number of nitrogens with one attached hydrogen (secondary N) is 2. The second-order valence-corrected chi connectivity index (χ2v) is 7.39. The summed E-state index contributed by atoms with van der Waals surface area (Å²) in [6, 6.07) is 3.43. The molecule has 0 aromatic carbocycles. The van der Waals surface area contributed by atoms with Crippen LogP contribution < -0.4 is 10.0 Å². The average molecular weight is 316 g/mol. The molecule has 0 radical (unpaired) electrons. The van der Waals surface area contributed by atoms with E-state index >= 15 is 0 Å². The molecule has 1 saturated carbocycles. The van der Waals surface area contributed by atoms with Gasteiger partial charge in [0.2, 0.25) is 5.09 Å². The van der Waals surface area contributed by atoms with Crippen molar-refractivity contribution < 1.29 is 17.6 Å². The molecule has 6 nitrogen and oxygen atoms in total. The maximum absolute atomic E-state index is 12.3. The number of sulfonamides is 1. The molecule has 0 bridgehead atoms. The largest absolute Gasteiger partial charge is 0.447 e. The molecule has 7 heteroatoms. The molecule has 1 heterocycles. The lowest BCUT2D eigenvalue weighted by Crippen LogP contribution is -2.33. The summed E-state index contributed by atoms with van der Waals surface area (Å²) in [6.07, 6.45) is 2.52. The van der Waals surface area contributed by atoms with E-state index in [2.05, 4.69) is 10.0 Å². The van der Waals surface area contributed by atoms with Crippen molar-refractivity contribution in [3.05, 3.63) is 17.9 Å². The summed E-state index contributed by atoms with van der Waals surface area (Å²) in [5.41, 5.74) is 0. The Kier molecular flexibility index (Phi) is 5.43. The zero-order valence-electron chi connectivity index (χ0n) is 12.8. The second kappa shape index (κ2) is 6.91. The molecule has 2 rings (SSSR count). The summed E-state index contributed by atoms with van der Waals surface area (Å²) in [4.78, 5) is 0. The molecular formula is C14H24N2O4S. The predicted octanol–water partition coefficient (Wildman–Crippen LogP) is 1.62. The van der Waals surface area contributed by atoms with Gasteiger partial charge in [0.05, 0.1) is 12.6 Å². The monoisotopic (exact) mass is 316 g/mol. The Bertz CT molecular complexity index is 553. The number of furan rings is 1. The van der Waals surface area contributed by atoms with E-state index in [9.17, 15) is 8.42 Å². The van der Waals surface area contributed by atoms with Gasteiger partial charge < -0.3 is 14.5 Å². The van der Waals surface area contributed by atoms with Crippen molar-refractivity contribution in [1.82, 2.24) is 10.0 Å². The van der Waals surface area contributed by atoms with Gasteiger partial charge in [-0.1, -0.05) is 13.8 Å². The molecule has 1 aromatic rings. The lowest BCUT2D eigenvalue weighted by atomic mass is 10.3. The van der Waals surface area contributed by atoms with Crippen molar-refractivity contribution in [1.29, 1.82) is 0 Å². The summed E-state index contributed by atoms with van der Waals surface area (Å²) in [5, 5.41) is 3.16. The number of hydrogen-bond donors (Lipinski definition) is 2. The van der Waals surface area contributed by atoms with Crippen LogP contribution in [0.25, 0.3) is 0 Å². The number of rotatable bonds is 7. The van der Waals surface area contributed by atoms with Crippen LogP contribution in [0.5, 0.6) is 0 Å². The van der Waals surface area contributed by atoms with Gasteiger partial charge in [-0.3, -0.25) is 0 Å². The third-order valence-electron chi connectivity index (χ3n) is 3.63. The Labute approximate surface area is 126 Å². The second-order valence-electron chi connectivity index (χ2n) is 5.75. The van der Waals surface area contributed by atoms with Crippen LogP contribution in [0.2, 0.25) is 0 Å².